The summed E-state index contributed by atoms with van der Waals surface area (Å²) in [7, 11) is 1.53. The first-order chi connectivity index (χ1) is 6.33. The highest BCUT2D eigenvalue weighted by Crippen LogP contribution is 2.33. The second kappa shape index (κ2) is 2.97. The summed E-state index contributed by atoms with van der Waals surface area (Å²) in [5.74, 6) is 0.635. The third kappa shape index (κ3) is 1.20. The number of cyclic esters (lactones) is 1. The Morgan fingerprint density at radius 2 is 2.23 bits per heavy atom. The van der Waals surface area contributed by atoms with Gasteiger partial charge in [-0.1, -0.05) is 6.07 Å². The van der Waals surface area contributed by atoms with E-state index in [4.69, 9.17) is 9.47 Å². The van der Waals surface area contributed by atoms with E-state index in [1.54, 1.807) is 18.2 Å². The van der Waals surface area contributed by atoms with Gasteiger partial charge in [-0.05, 0) is 12.1 Å². The molecular weight excluding hydrogens is 172 g/mol. The smallest absolute Gasteiger partial charge is 0.344 e. The number of fused-ring (bicyclic) bond motifs is 1. The van der Waals surface area contributed by atoms with Crippen molar-refractivity contribution >= 4 is 5.97 Å². The number of esters is 1. The zero-order chi connectivity index (χ0) is 9.26. The lowest BCUT2D eigenvalue weighted by molar-refractivity contribution is 0.00389. The van der Waals surface area contributed by atoms with Crippen LogP contribution in [0.3, 0.4) is 0 Å². The van der Waals surface area contributed by atoms with Crippen LogP contribution in [0.2, 0.25) is 0 Å². The van der Waals surface area contributed by atoms with Gasteiger partial charge in [0.25, 0.3) is 0 Å². The van der Waals surface area contributed by atoms with Gasteiger partial charge in [0.1, 0.15) is 5.56 Å². The molecule has 0 saturated carbocycles. The molecule has 13 heavy (non-hydrogen) atoms. The number of hydrogen-bond acceptors (Lipinski definition) is 4. The van der Waals surface area contributed by atoms with Gasteiger partial charge in [0.05, 0.1) is 7.11 Å². The van der Waals surface area contributed by atoms with Crippen molar-refractivity contribution in [3.8, 4) is 11.5 Å². The molecule has 1 aromatic carbocycles. The molecule has 0 aromatic heterocycles. The summed E-state index contributed by atoms with van der Waals surface area (Å²) < 4.78 is 14.9. The molecule has 0 radical (unpaired) electrons. The molecule has 1 aliphatic heterocycles. The van der Waals surface area contributed by atoms with Gasteiger partial charge in [-0.25, -0.2) is 4.79 Å². The van der Waals surface area contributed by atoms with E-state index in [0.717, 1.165) is 0 Å². The van der Waals surface area contributed by atoms with Gasteiger partial charge in [-0.2, -0.15) is 0 Å². The minimum absolute atomic E-state index is 0.0494. The third-order valence-electron chi connectivity index (χ3n) is 1.81. The second-order valence-corrected chi connectivity index (χ2v) is 2.53. The minimum atomic E-state index is -0.375. The Morgan fingerprint density at radius 1 is 1.38 bits per heavy atom. The van der Waals surface area contributed by atoms with Crippen LogP contribution >= 0.6 is 0 Å². The van der Waals surface area contributed by atoms with Gasteiger partial charge < -0.3 is 14.2 Å². The number of methoxy groups -OCH3 is 1. The maximum absolute atomic E-state index is 11.2. The molecule has 2 rings (SSSR count). The molecule has 0 aliphatic carbocycles. The molecule has 0 bridgehead atoms. The van der Waals surface area contributed by atoms with E-state index in [1.807, 2.05) is 0 Å². The van der Waals surface area contributed by atoms with Crippen LogP contribution in [0.5, 0.6) is 11.5 Å². The Balaban J connectivity index is 2.54. The highest BCUT2D eigenvalue weighted by molar-refractivity contribution is 5.94. The number of hydrogen-bond donors (Lipinski definition) is 0. The molecule has 1 aromatic rings. The normalized spacial score (nSPS) is 14.1. The number of carbonyl (C=O) groups excluding carboxylic acids is 1. The van der Waals surface area contributed by atoms with Crippen LogP contribution in [0.15, 0.2) is 18.2 Å². The monoisotopic (exact) mass is 180 g/mol. The van der Waals surface area contributed by atoms with Crippen molar-refractivity contribution in [2.75, 3.05) is 13.9 Å². The van der Waals surface area contributed by atoms with E-state index in [0.29, 0.717) is 17.1 Å². The quantitative estimate of drug-likeness (QED) is 0.609. The zero-order valence-corrected chi connectivity index (χ0v) is 7.07. The van der Waals surface area contributed by atoms with E-state index in [1.165, 1.54) is 7.11 Å². The average Bonchev–Trinajstić information content (AvgIpc) is 2.18. The predicted molar refractivity (Wildman–Crippen MR) is 43.9 cm³/mol. The average molecular weight is 180 g/mol. The first-order valence-corrected chi connectivity index (χ1v) is 3.80. The lowest BCUT2D eigenvalue weighted by Crippen LogP contribution is -2.18. The number of benzene rings is 1. The highest BCUT2D eigenvalue weighted by atomic mass is 16.7. The Hall–Kier alpha value is -1.71. The number of para-hydroxylation sites is 1. The highest BCUT2D eigenvalue weighted by Gasteiger charge is 2.22. The van der Waals surface area contributed by atoms with Crippen LogP contribution in [-0.4, -0.2) is 19.9 Å². The van der Waals surface area contributed by atoms with Crippen molar-refractivity contribution in [3.63, 3.8) is 0 Å². The minimum Gasteiger partial charge on any atom is -0.493 e. The molecule has 4 heteroatoms. The Morgan fingerprint density at radius 3 is 3.00 bits per heavy atom. The molecule has 4 nitrogen and oxygen atoms in total. The molecule has 68 valence electrons. The Labute approximate surface area is 75.0 Å². The Bertz CT molecular complexity index is 345. The topological polar surface area (TPSA) is 44.8 Å². The van der Waals surface area contributed by atoms with Gasteiger partial charge in [-0.15, -0.1) is 0 Å². The number of carbonyl (C=O) groups is 1. The van der Waals surface area contributed by atoms with Crippen LogP contribution in [-0.2, 0) is 4.74 Å². The summed E-state index contributed by atoms with van der Waals surface area (Å²) in [6.07, 6.45) is 0. The van der Waals surface area contributed by atoms with Crippen LogP contribution in [0.4, 0.5) is 0 Å². The van der Waals surface area contributed by atoms with Crippen LogP contribution < -0.4 is 9.47 Å². The fourth-order valence-corrected chi connectivity index (χ4v) is 1.21. The second-order valence-electron chi connectivity index (χ2n) is 2.53. The lowest BCUT2D eigenvalue weighted by Gasteiger charge is -2.18. The number of ether oxygens (including phenoxy) is 3. The van der Waals surface area contributed by atoms with Gasteiger partial charge in [-0.3, -0.25) is 0 Å². The van der Waals surface area contributed by atoms with Gasteiger partial charge in [0, 0.05) is 0 Å². The van der Waals surface area contributed by atoms with E-state index in [-0.39, 0.29) is 12.8 Å². The van der Waals surface area contributed by atoms with Crippen molar-refractivity contribution < 1.29 is 19.0 Å². The molecular formula is C9H8O4. The van der Waals surface area contributed by atoms with Gasteiger partial charge in [0.2, 0.25) is 6.79 Å². The number of rotatable bonds is 1. The molecule has 0 amide bonds. The van der Waals surface area contributed by atoms with Crippen molar-refractivity contribution in [2.24, 2.45) is 0 Å². The fraction of sp³-hybridized carbons (Fsp3) is 0.222. The van der Waals surface area contributed by atoms with E-state index < -0.39 is 0 Å². The van der Waals surface area contributed by atoms with Crippen molar-refractivity contribution in [1.82, 2.24) is 0 Å². The molecule has 1 heterocycles. The third-order valence-corrected chi connectivity index (χ3v) is 1.81. The molecule has 0 N–H and O–H groups in total. The van der Waals surface area contributed by atoms with Crippen LogP contribution in [0, 0.1) is 0 Å². The fourth-order valence-electron chi connectivity index (χ4n) is 1.21. The standard InChI is InChI=1S/C9H8O4/c1-11-7-4-2-3-6-8(7)12-5-13-9(6)10/h2-4H,5H2,1H3. The first kappa shape index (κ1) is 7.91. The predicted octanol–water partition coefficient (Wildman–Crippen LogP) is 1.20. The molecule has 0 fully saturated rings. The largest absolute Gasteiger partial charge is 0.493 e. The summed E-state index contributed by atoms with van der Waals surface area (Å²) in [6, 6.07) is 5.09. The zero-order valence-electron chi connectivity index (χ0n) is 7.07. The maximum Gasteiger partial charge on any atom is 0.344 e. The summed E-state index contributed by atoms with van der Waals surface area (Å²) in [5, 5.41) is 0. The molecule has 0 unspecified atom stereocenters. The van der Waals surface area contributed by atoms with E-state index in [2.05, 4.69) is 4.74 Å². The SMILES string of the molecule is COc1cccc2c1OCOC2=O. The Kier molecular flexibility index (Phi) is 1.81. The van der Waals surface area contributed by atoms with Crippen molar-refractivity contribution in [3.05, 3.63) is 23.8 Å². The maximum atomic E-state index is 11.2. The van der Waals surface area contributed by atoms with Crippen LogP contribution in [0.1, 0.15) is 10.4 Å². The summed E-state index contributed by atoms with van der Waals surface area (Å²) in [4.78, 5) is 11.2. The van der Waals surface area contributed by atoms with Crippen molar-refractivity contribution in [2.45, 2.75) is 0 Å². The summed E-state index contributed by atoms with van der Waals surface area (Å²) >= 11 is 0. The van der Waals surface area contributed by atoms with E-state index in [9.17, 15) is 4.79 Å². The molecule has 1 aliphatic rings. The van der Waals surface area contributed by atoms with Gasteiger partial charge in [0.15, 0.2) is 11.5 Å². The summed E-state index contributed by atoms with van der Waals surface area (Å²) in [5.41, 5.74) is 0.408. The molecule has 0 atom stereocenters. The van der Waals surface area contributed by atoms with Crippen LogP contribution in [0.25, 0.3) is 0 Å². The molecule has 0 spiro atoms. The van der Waals surface area contributed by atoms with Crippen molar-refractivity contribution in [1.29, 1.82) is 0 Å². The summed E-state index contributed by atoms with van der Waals surface area (Å²) in [6.45, 7) is -0.0494. The van der Waals surface area contributed by atoms with Gasteiger partial charge >= 0.3 is 5.97 Å². The van der Waals surface area contributed by atoms with E-state index >= 15 is 0 Å². The lowest BCUT2D eigenvalue weighted by atomic mass is 10.2. The molecule has 0 saturated heterocycles. The first-order valence-electron chi connectivity index (χ1n) is 3.80.